The minimum absolute atomic E-state index is 0.0579. The molecule has 1 N–H and O–H groups in total. The first-order chi connectivity index (χ1) is 9.99. The van der Waals surface area contributed by atoms with E-state index in [1.165, 1.54) is 24.5 Å². The lowest BCUT2D eigenvalue weighted by molar-refractivity contribution is 0.403. The van der Waals surface area contributed by atoms with Crippen molar-refractivity contribution in [3.63, 3.8) is 0 Å². The molecule has 0 bridgehead atoms. The van der Waals surface area contributed by atoms with Crippen LogP contribution in [0.4, 0.5) is 5.13 Å². The zero-order valence-corrected chi connectivity index (χ0v) is 14.3. The number of sulfonamides is 1. The summed E-state index contributed by atoms with van der Waals surface area (Å²) in [5.74, 6) is 0.721. The third-order valence-corrected chi connectivity index (χ3v) is 5.99. The fourth-order valence-corrected chi connectivity index (χ4v) is 4.65. The van der Waals surface area contributed by atoms with Gasteiger partial charge in [0.15, 0.2) is 0 Å². The Morgan fingerprint density at radius 3 is 2.81 bits per heavy atom. The van der Waals surface area contributed by atoms with E-state index < -0.39 is 10.0 Å². The molecule has 3 rings (SSSR count). The first kappa shape index (κ1) is 14.7. The number of methoxy groups -OCH3 is 1. The van der Waals surface area contributed by atoms with E-state index in [0.29, 0.717) is 10.4 Å². The predicted octanol–water partition coefficient (Wildman–Crippen LogP) is 2.99. The number of anilines is 1. The molecule has 0 atom stereocenters. The van der Waals surface area contributed by atoms with Gasteiger partial charge in [-0.25, -0.2) is 8.42 Å². The average molecular weight is 390 g/mol. The van der Waals surface area contributed by atoms with Gasteiger partial charge in [0.1, 0.15) is 15.7 Å². The molecule has 1 heterocycles. The van der Waals surface area contributed by atoms with Crippen LogP contribution in [0.15, 0.2) is 27.6 Å². The lowest BCUT2D eigenvalue weighted by Gasteiger charge is -2.09. The van der Waals surface area contributed by atoms with Gasteiger partial charge in [-0.3, -0.25) is 4.72 Å². The van der Waals surface area contributed by atoms with Crippen molar-refractivity contribution in [2.45, 2.75) is 23.7 Å². The molecular weight excluding hydrogens is 378 g/mol. The summed E-state index contributed by atoms with van der Waals surface area (Å²) in [6.45, 7) is 0. The standard InChI is InChI=1S/C12H12BrN3O3S2/c1-19-9-5-4-8(13)6-10(9)21(17,18)16-12-15-14-11(20-12)7-2-3-7/h4-7H,2-3H2,1H3,(H,15,16). The van der Waals surface area contributed by atoms with Gasteiger partial charge >= 0.3 is 0 Å². The molecule has 0 radical (unpaired) electrons. The summed E-state index contributed by atoms with van der Waals surface area (Å²) in [5, 5.41) is 9.07. The first-order valence-corrected chi connectivity index (χ1v) is 9.28. The van der Waals surface area contributed by atoms with Crippen LogP contribution in [-0.2, 0) is 10.0 Å². The van der Waals surface area contributed by atoms with Gasteiger partial charge in [0.2, 0.25) is 5.13 Å². The van der Waals surface area contributed by atoms with Crippen LogP contribution in [0.3, 0.4) is 0 Å². The Morgan fingerprint density at radius 1 is 1.38 bits per heavy atom. The van der Waals surface area contributed by atoms with Gasteiger partial charge in [0, 0.05) is 10.4 Å². The van der Waals surface area contributed by atoms with Crippen molar-refractivity contribution >= 4 is 42.4 Å². The number of rotatable bonds is 5. The Bertz CT molecular complexity index is 772. The third kappa shape index (κ3) is 3.19. The monoisotopic (exact) mass is 389 g/mol. The van der Waals surface area contributed by atoms with Gasteiger partial charge < -0.3 is 4.74 Å². The van der Waals surface area contributed by atoms with Crippen LogP contribution in [-0.4, -0.2) is 25.7 Å². The van der Waals surface area contributed by atoms with Crippen molar-refractivity contribution in [1.82, 2.24) is 10.2 Å². The molecule has 9 heteroatoms. The van der Waals surface area contributed by atoms with Crippen molar-refractivity contribution in [1.29, 1.82) is 0 Å². The van der Waals surface area contributed by atoms with E-state index >= 15 is 0 Å². The van der Waals surface area contributed by atoms with Crippen molar-refractivity contribution < 1.29 is 13.2 Å². The molecule has 2 aromatic rings. The van der Waals surface area contributed by atoms with Crippen LogP contribution >= 0.6 is 27.3 Å². The Balaban J connectivity index is 1.90. The summed E-state index contributed by atoms with van der Waals surface area (Å²) >= 11 is 4.54. The van der Waals surface area contributed by atoms with Crippen LogP contribution in [0, 0.1) is 0 Å². The highest BCUT2D eigenvalue weighted by molar-refractivity contribution is 9.10. The molecule has 1 aliphatic rings. The third-order valence-electron chi connectivity index (χ3n) is 3.00. The van der Waals surface area contributed by atoms with Gasteiger partial charge in [-0.1, -0.05) is 27.3 Å². The van der Waals surface area contributed by atoms with Crippen LogP contribution in [0.5, 0.6) is 5.75 Å². The highest BCUT2D eigenvalue weighted by Gasteiger charge is 2.29. The van der Waals surface area contributed by atoms with E-state index in [1.807, 2.05) is 0 Å². The summed E-state index contributed by atoms with van der Waals surface area (Å²) in [6.07, 6.45) is 2.20. The largest absolute Gasteiger partial charge is 0.495 e. The number of halogens is 1. The van der Waals surface area contributed by atoms with Crippen molar-refractivity contribution in [3.05, 3.63) is 27.7 Å². The number of benzene rings is 1. The highest BCUT2D eigenvalue weighted by atomic mass is 79.9. The second-order valence-electron chi connectivity index (χ2n) is 4.62. The van der Waals surface area contributed by atoms with Crippen molar-refractivity contribution in [2.24, 2.45) is 0 Å². The van der Waals surface area contributed by atoms with Crippen molar-refractivity contribution in [3.8, 4) is 5.75 Å². The molecule has 112 valence electrons. The molecule has 0 amide bonds. The molecule has 0 saturated heterocycles. The van der Waals surface area contributed by atoms with E-state index in [0.717, 1.165) is 17.8 Å². The van der Waals surface area contributed by atoms with E-state index in [9.17, 15) is 8.42 Å². The SMILES string of the molecule is COc1ccc(Br)cc1S(=O)(=O)Nc1nnc(C2CC2)s1. The molecule has 1 aromatic heterocycles. The molecule has 1 fully saturated rings. The summed E-state index contributed by atoms with van der Waals surface area (Å²) < 4.78 is 33.1. The molecule has 6 nitrogen and oxygen atoms in total. The van der Waals surface area contributed by atoms with Crippen LogP contribution in [0.1, 0.15) is 23.8 Å². The summed E-state index contributed by atoms with van der Waals surface area (Å²) in [5.41, 5.74) is 0. The molecule has 0 aliphatic heterocycles. The number of aromatic nitrogens is 2. The Kier molecular flexibility index (Phi) is 3.89. The predicted molar refractivity (Wildman–Crippen MR) is 83.4 cm³/mol. The fraction of sp³-hybridized carbons (Fsp3) is 0.333. The number of hydrogen-bond donors (Lipinski definition) is 1. The van der Waals surface area contributed by atoms with E-state index in [4.69, 9.17) is 4.74 Å². The van der Waals surface area contributed by atoms with Gasteiger partial charge in [0.05, 0.1) is 7.11 Å². The summed E-state index contributed by atoms with van der Waals surface area (Å²) in [6, 6.07) is 4.80. The lowest BCUT2D eigenvalue weighted by atomic mass is 10.3. The minimum atomic E-state index is -3.77. The summed E-state index contributed by atoms with van der Waals surface area (Å²) in [7, 11) is -2.34. The fourth-order valence-electron chi connectivity index (χ4n) is 1.80. The number of hydrogen-bond acceptors (Lipinski definition) is 6. The molecular formula is C12H12BrN3O3S2. The maximum atomic E-state index is 12.5. The number of nitrogens with zero attached hydrogens (tertiary/aromatic N) is 2. The summed E-state index contributed by atoms with van der Waals surface area (Å²) in [4.78, 5) is 0.0579. The smallest absolute Gasteiger partial charge is 0.267 e. The zero-order chi connectivity index (χ0) is 15.0. The molecule has 21 heavy (non-hydrogen) atoms. The molecule has 0 unspecified atom stereocenters. The van der Waals surface area contributed by atoms with Crippen molar-refractivity contribution in [2.75, 3.05) is 11.8 Å². The Labute approximate surface area is 134 Å². The quantitative estimate of drug-likeness (QED) is 0.849. The van der Waals surface area contributed by atoms with E-state index in [2.05, 4.69) is 30.8 Å². The van der Waals surface area contributed by atoms with Crippen LogP contribution < -0.4 is 9.46 Å². The topological polar surface area (TPSA) is 81.2 Å². The van der Waals surface area contributed by atoms with E-state index in [1.54, 1.807) is 12.1 Å². The van der Waals surface area contributed by atoms with Gasteiger partial charge in [-0.05, 0) is 31.0 Å². The maximum absolute atomic E-state index is 12.5. The second-order valence-corrected chi connectivity index (χ2v) is 8.20. The maximum Gasteiger partial charge on any atom is 0.267 e. The number of nitrogens with one attached hydrogen (secondary N) is 1. The first-order valence-electron chi connectivity index (χ1n) is 6.19. The second kappa shape index (κ2) is 5.54. The Hall–Kier alpha value is -1.19. The van der Waals surface area contributed by atoms with Crippen LogP contribution in [0.2, 0.25) is 0 Å². The Morgan fingerprint density at radius 2 is 2.14 bits per heavy atom. The van der Waals surface area contributed by atoms with Gasteiger partial charge in [-0.2, -0.15) is 0 Å². The average Bonchev–Trinajstić information content (AvgIpc) is 3.20. The van der Waals surface area contributed by atoms with Gasteiger partial charge in [-0.15, -0.1) is 10.2 Å². The number of ether oxygens (including phenoxy) is 1. The van der Waals surface area contributed by atoms with Gasteiger partial charge in [0.25, 0.3) is 10.0 Å². The zero-order valence-electron chi connectivity index (χ0n) is 11.0. The van der Waals surface area contributed by atoms with E-state index in [-0.39, 0.29) is 15.8 Å². The van der Waals surface area contributed by atoms with Crippen LogP contribution in [0.25, 0.3) is 0 Å². The lowest BCUT2D eigenvalue weighted by Crippen LogP contribution is -2.14. The molecule has 0 spiro atoms. The molecule has 1 aromatic carbocycles. The molecule has 1 aliphatic carbocycles. The minimum Gasteiger partial charge on any atom is -0.495 e. The highest BCUT2D eigenvalue weighted by Crippen LogP contribution is 2.42. The normalized spacial score (nSPS) is 15.0. The molecule has 1 saturated carbocycles.